The molecule has 0 saturated heterocycles. The number of carbonyl (C=O) groups excluding carboxylic acids is 1. The molecule has 0 fully saturated rings. The summed E-state index contributed by atoms with van der Waals surface area (Å²) < 4.78 is 7.03. The highest BCUT2D eigenvalue weighted by Crippen LogP contribution is 2.25. The van der Waals surface area contributed by atoms with Crippen LogP contribution in [0.15, 0.2) is 59.5 Å². The summed E-state index contributed by atoms with van der Waals surface area (Å²) in [5.41, 5.74) is 8.37. The Bertz CT molecular complexity index is 1040. The molecule has 0 unspecified atom stereocenters. The van der Waals surface area contributed by atoms with Gasteiger partial charge in [-0.3, -0.25) is 4.79 Å². The molecule has 0 saturated carbocycles. The number of aromatic nitrogens is 4. The molecule has 8 nitrogen and oxygen atoms in total. The molecule has 3 heterocycles. The number of nitrogens with one attached hydrogen (secondary N) is 1. The van der Waals surface area contributed by atoms with Gasteiger partial charge in [-0.25, -0.2) is 9.97 Å². The summed E-state index contributed by atoms with van der Waals surface area (Å²) in [6, 6.07) is 13.2. The minimum atomic E-state index is -0.148. The van der Waals surface area contributed by atoms with Crippen LogP contribution in [-0.4, -0.2) is 25.4 Å². The summed E-state index contributed by atoms with van der Waals surface area (Å²) >= 11 is 0. The van der Waals surface area contributed by atoms with E-state index in [-0.39, 0.29) is 18.4 Å². The van der Waals surface area contributed by atoms with Crippen LogP contribution >= 0.6 is 0 Å². The van der Waals surface area contributed by atoms with Crippen molar-refractivity contribution < 1.29 is 9.21 Å². The summed E-state index contributed by atoms with van der Waals surface area (Å²) in [6.45, 7) is 0.540. The summed E-state index contributed by atoms with van der Waals surface area (Å²) in [7, 11) is 0. The van der Waals surface area contributed by atoms with Gasteiger partial charge < -0.3 is 20.0 Å². The molecule has 4 rings (SSSR count). The fraction of sp³-hybridized carbons (Fsp3) is 0.111. The van der Waals surface area contributed by atoms with Gasteiger partial charge in [-0.05, 0) is 17.7 Å². The number of furan rings is 1. The molecule has 0 aliphatic rings. The van der Waals surface area contributed by atoms with E-state index in [1.165, 1.54) is 0 Å². The summed E-state index contributed by atoms with van der Waals surface area (Å²) in [5, 5.41) is 2.88. The minimum Gasteiger partial charge on any atom is -0.463 e. The lowest BCUT2D eigenvalue weighted by Crippen LogP contribution is -2.27. The van der Waals surface area contributed by atoms with E-state index in [9.17, 15) is 4.79 Å². The minimum absolute atomic E-state index is 0.0807. The highest BCUT2D eigenvalue weighted by atomic mass is 16.3. The van der Waals surface area contributed by atoms with E-state index in [1.807, 2.05) is 30.3 Å². The van der Waals surface area contributed by atoms with Crippen molar-refractivity contribution in [3.63, 3.8) is 0 Å². The van der Waals surface area contributed by atoms with Crippen LogP contribution in [0.5, 0.6) is 0 Å². The number of benzene rings is 1. The molecule has 1 amide bonds. The maximum Gasteiger partial charge on any atom is 0.240 e. The number of anilines is 1. The molecule has 0 bridgehead atoms. The first-order valence-electron chi connectivity index (χ1n) is 8.03. The lowest BCUT2D eigenvalue weighted by atomic mass is 10.2. The van der Waals surface area contributed by atoms with Gasteiger partial charge >= 0.3 is 0 Å². The quantitative estimate of drug-likeness (QED) is 0.570. The predicted molar refractivity (Wildman–Crippen MR) is 95.7 cm³/mol. The van der Waals surface area contributed by atoms with Crippen LogP contribution in [0.2, 0.25) is 0 Å². The van der Waals surface area contributed by atoms with Gasteiger partial charge in [0.1, 0.15) is 17.8 Å². The van der Waals surface area contributed by atoms with Crippen molar-refractivity contribution in [3.05, 3.63) is 60.6 Å². The number of rotatable bonds is 5. The van der Waals surface area contributed by atoms with E-state index in [0.717, 1.165) is 5.56 Å². The number of hydrogen-bond donors (Lipinski definition) is 2. The van der Waals surface area contributed by atoms with E-state index < -0.39 is 0 Å². The van der Waals surface area contributed by atoms with Crippen LogP contribution in [0.4, 0.5) is 5.95 Å². The normalized spacial score (nSPS) is 10.9. The van der Waals surface area contributed by atoms with Crippen molar-refractivity contribution in [3.8, 4) is 11.5 Å². The number of imidazole rings is 1. The van der Waals surface area contributed by atoms with Crippen LogP contribution in [0.1, 0.15) is 5.56 Å². The lowest BCUT2D eigenvalue weighted by molar-refractivity contribution is -0.121. The fourth-order valence-corrected chi connectivity index (χ4v) is 2.67. The molecule has 4 aromatic rings. The van der Waals surface area contributed by atoms with Crippen LogP contribution in [0, 0.1) is 0 Å². The number of nitrogens with zero attached hydrogens (tertiary/aromatic N) is 4. The van der Waals surface area contributed by atoms with Crippen LogP contribution in [0.3, 0.4) is 0 Å². The van der Waals surface area contributed by atoms with E-state index in [2.05, 4.69) is 20.3 Å². The predicted octanol–water partition coefficient (Wildman–Crippen LogP) is 1.98. The Hall–Kier alpha value is -3.68. The van der Waals surface area contributed by atoms with Crippen LogP contribution in [0.25, 0.3) is 22.6 Å². The Morgan fingerprint density at radius 1 is 1.15 bits per heavy atom. The Morgan fingerprint density at radius 3 is 2.77 bits per heavy atom. The van der Waals surface area contributed by atoms with Gasteiger partial charge in [-0.1, -0.05) is 30.3 Å². The first-order chi connectivity index (χ1) is 12.7. The smallest absolute Gasteiger partial charge is 0.240 e. The van der Waals surface area contributed by atoms with Crippen LogP contribution < -0.4 is 11.1 Å². The number of nitrogens with two attached hydrogens (primary N) is 1. The van der Waals surface area contributed by atoms with Gasteiger partial charge in [0.15, 0.2) is 11.4 Å². The summed E-state index contributed by atoms with van der Waals surface area (Å²) in [6.07, 6.45) is 3.10. The third-order valence-electron chi connectivity index (χ3n) is 3.88. The molecule has 8 heteroatoms. The molecule has 0 aliphatic heterocycles. The third-order valence-corrected chi connectivity index (χ3v) is 3.88. The highest BCUT2D eigenvalue weighted by Gasteiger charge is 2.16. The Labute approximate surface area is 148 Å². The van der Waals surface area contributed by atoms with E-state index in [1.54, 1.807) is 29.3 Å². The molecule has 3 N–H and O–H groups in total. The molecular weight excluding hydrogens is 332 g/mol. The van der Waals surface area contributed by atoms with Gasteiger partial charge in [0, 0.05) is 6.54 Å². The molecule has 0 aliphatic carbocycles. The first kappa shape index (κ1) is 15.8. The van der Waals surface area contributed by atoms with Crippen molar-refractivity contribution in [2.45, 2.75) is 13.1 Å². The molecule has 26 heavy (non-hydrogen) atoms. The average Bonchev–Trinajstić information content (AvgIpc) is 3.31. The maximum atomic E-state index is 12.3. The Morgan fingerprint density at radius 2 is 2.00 bits per heavy atom. The van der Waals surface area contributed by atoms with Crippen molar-refractivity contribution in [1.29, 1.82) is 0 Å². The number of amides is 1. The molecule has 0 atom stereocenters. The molecule has 1 aromatic carbocycles. The Kier molecular flexibility index (Phi) is 4.06. The van der Waals surface area contributed by atoms with Crippen molar-refractivity contribution >= 4 is 23.0 Å². The van der Waals surface area contributed by atoms with E-state index in [4.69, 9.17) is 10.2 Å². The van der Waals surface area contributed by atoms with E-state index in [0.29, 0.717) is 29.2 Å². The van der Waals surface area contributed by atoms with Crippen molar-refractivity contribution in [1.82, 2.24) is 24.8 Å². The number of nitrogen functional groups attached to an aromatic ring is 1. The second-order valence-corrected chi connectivity index (χ2v) is 5.71. The van der Waals surface area contributed by atoms with Crippen LogP contribution in [-0.2, 0) is 17.9 Å². The van der Waals surface area contributed by atoms with Gasteiger partial charge in [-0.15, -0.1) is 0 Å². The highest BCUT2D eigenvalue weighted by molar-refractivity contribution is 5.87. The van der Waals surface area contributed by atoms with Gasteiger partial charge in [0.2, 0.25) is 11.9 Å². The van der Waals surface area contributed by atoms with Gasteiger partial charge in [0.05, 0.1) is 12.6 Å². The summed E-state index contributed by atoms with van der Waals surface area (Å²) in [5.74, 6) is 0.489. The average molecular weight is 348 g/mol. The molecular formula is C18H16N6O2. The van der Waals surface area contributed by atoms with Gasteiger partial charge in [-0.2, -0.15) is 4.98 Å². The standard InChI is InChI=1S/C18H16N6O2/c19-18-22-15(13-7-4-8-26-13)16-17(23-18)24(11-21-16)10-14(25)20-9-12-5-2-1-3-6-12/h1-8,11H,9-10H2,(H,20,25)(H2,19,22,23). The first-order valence-corrected chi connectivity index (χ1v) is 8.03. The SMILES string of the molecule is Nc1nc(-c2ccco2)c2ncn(CC(=O)NCc3ccccc3)c2n1. The zero-order valence-electron chi connectivity index (χ0n) is 13.8. The fourth-order valence-electron chi connectivity index (χ4n) is 2.67. The number of fused-ring (bicyclic) bond motifs is 1. The molecule has 0 radical (unpaired) electrons. The van der Waals surface area contributed by atoms with E-state index >= 15 is 0 Å². The maximum absolute atomic E-state index is 12.3. The lowest BCUT2D eigenvalue weighted by Gasteiger charge is -2.07. The molecule has 130 valence electrons. The summed E-state index contributed by atoms with van der Waals surface area (Å²) in [4.78, 5) is 25.0. The third kappa shape index (κ3) is 3.12. The number of hydrogen-bond acceptors (Lipinski definition) is 6. The second-order valence-electron chi connectivity index (χ2n) is 5.71. The second kappa shape index (κ2) is 6.67. The van der Waals surface area contributed by atoms with Crippen molar-refractivity contribution in [2.24, 2.45) is 0 Å². The van der Waals surface area contributed by atoms with Crippen molar-refractivity contribution in [2.75, 3.05) is 5.73 Å². The Balaban J connectivity index is 1.56. The molecule has 3 aromatic heterocycles. The van der Waals surface area contributed by atoms with Gasteiger partial charge in [0.25, 0.3) is 0 Å². The molecule has 0 spiro atoms. The topological polar surface area (TPSA) is 112 Å². The monoisotopic (exact) mass is 348 g/mol. The zero-order chi connectivity index (χ0) is 17.9. The number of carbonyl (C=O) groups is 1. The zero-order valence-corrected chi connectivity index (χ0v) is 13.8. The largest absolute Gasteiger partial charge is 0.463 e.